The zero-order chi connectivity index (χ0) is 58.4. The first-order chi connectivity index (χ1) is 37.2. The normalized spacial score (nSPS) is 41.9. The van der Waals surface area contributed by atoms with Gasteiger partial charge in [-0.15, -0.1) is 0 Å². The molecule has 18 N–H and O–H groups in total. The number of carboxylic acids is 1. The van der Waals surface area contributed by atoms with Gasteiger partial charge in [0.2, 0.25) is 5.91 Å². The van der Waals surface area contributed by atoms with Gasteiger partial charge in [-0.1, -0.05) is 37.8 Å². The Hall–Kier alpha value is -3.15. The van der Waals surface area contributed by atoms with Crippen LogP contribution >= 0.6 is 0 Å². The van der Waals surface area contributed by atoms with Gasteiger partial charge in [-0.2, -0.15) is 0 Å². The summed E-state index contributed by atoms with van der Waals surface area (Å²) < 4.78 is 58.2. The second kappa shape index (κ2) is 27.9. The van der Waals surface area contributed by atoms with Gasteiger partial charge < -0.3 is 140 Å². The number of hydrogen-bond acceptors (Lipinski definition) is 28. The fourth-order valence-electron chi connectivity index (χ4n) is 9.73. The maximum atomic E-state index is 13.8. The summed E-state index contributed by atoms with van der Waals surface area (Å²) in [7, 11) is -1.62. The summed E-state index contributed by atoms with van der Waals surface area (Å²) in [6.07, 6.45) is -46.3. The summed E-state index contributed by atoms with van der Waals surface area (Å²) in [5.74, 6) is -6.97. The second-order valence-electron chi connectivity index (χ2n) is 21.1. The highest BCUT2D eigenvalue weighted by atomic mass is 28.3. The van der Waals surface area contributed by atoms with Crippen molar-refractivity contribution in [2.24, 2.45) is 0 Å². The Kier molecular flexibility index (Phi) is 23.0. The lowest BCUT2D eigenvalue weighted by Crippen LogP contribution is -2.71. The number of aliphatic hydroxyl groups is 15. The number of ether oxygens (including phenoxy) is 10. The van der Waals surface area contributed by atoms with E-state index in [1.807, 2.05) is 0 Å². The SMILES string of the molecule is CC(=O)N[C@H]1[C@H]([C@H](O)[C@H](O)CO)O[C@@](O[C@H]2[C@@H](O)[C@@H](CO)O[C@@H](O[C@H]3[C@H](O)[C@@H](NC(=O)c4ccccc4)[C@H](O[C@H]4[C@@H](O)[C@@H](CO)O[C@@H](O[C@H]5[C@H](O)[C@@H](O)[C@H](OCC[Si](C)(C)C)O[C@@H]5CO)[C@@H]4O)O[C@@H]3CO)[C@@H]2O)(C(=O)O)C[C@@H]1O. The van der Waals surface area contributed by atoms with Crippen molar-refractivity contribution in [2.45, 2.75) is 198 Å². The molecule has 6 rings (SSSR count). The molecule has 5 saturated heterocycles. The molecule has 31 nitrogen and oxygen atoms in total. The van der Waals surface area contributed by atoms with Crippen LogP contribution in [0.2, 0.25) is 25.7 Å². The van der Waals surface area contributed by atoms with Gasteiger partial charge in [0.1, 0.15) is 116 Å². The summed E-state index contributed by atoms with van der Waals surface area (Å²) in [5.41, 5.74) is -0.00930. The van der Waals surface area contributed by atoms with Crippen molar-refractivity contribution in [3.8, 4) is 0 Å². The fourth-order valence-corrected chi connectivity index (χ4v) is 10.5. The number of carboxylic acid groups (broad SMARTS) is 1. The molecule has 0 unspecified atom stereocenters. The monoisotopic (exact) mass is 1160 g/mol. The summed E-state index contributed by atoms with van der Waals surface area (Å²) in [4.78, 5) is 39.0. The van der Waals surface area contributed by atoms with E-state index in [9.17, 15) is 96.1 Å². The van der Waals surface area contributed by atoms with Crippen LogP contribution in [0, 0.1) is 0 Å². The smallest absolute Gasteiger partial charge is 0.364 e. The molecule has 5 heterocycles. The van der Waals surface area contributed by atoms with Gasteiger partial charge in [0.25, 0.3) is 11.7 Å². The molecule has 79 heavy (non-hydrogen) atoms. The van der Waals surface area contributed by atoms with Gasteiger partial charge in [-0.25, -0.2) is 4.79 Å². The molecule has 0 aromatic heterocycles. The molecule has 0 bridgehead atoms. The number of aliphatic hydroxyl groups excluding tert-OH is 15. The van der Waals surface area contributed by atoms with E-state index in [0.717, 1.165) is 6.92 Å². The molecular weight excluding hydrogens is 1080 g/mol. The molecule has 5 aliphatic rings. The molecule has 5 aliphatic heterocycles. The molecule has 0 spiro atoms. The standard InChI is InChI=1S/C47H76N2O29Si/c1-18(55)48-26-20(56)12-47(46(67)68,77-38(26)28(58)21(57)13-50)78-40-30(60)23(15-52)71-45(35(40)65)74-36-24(16-53)72-42(27(31(36)61)49-41(66)19-8-6-5-7-9-19)76-39-29(59)22(14-51)70-44(34(39)64)75-37-25(17-54)73-43(33(63)32(37)62)69-10-11-79(2,3)4/h5-9,20-40,42-45,50-54,56-65H,10-17H2,1-4H3,(H,48,55)(H,49,66)(H,67,68)/t20-,21+,22+,23+,24+,25+,26+,27+,28+,29-,30-,31+,32+,33+,34+,35+,36+,37+,38+,39-,40-,42-,43+,44-,45-,47-/m0/s1. The molecule has 0 aliphatic carbocycles. The Morgan fingerprint density at radius 1 is 0.633 bits per heavy atom. The molecule has 1 aromatic rings. The average molecular weight is 1160 g/mol. The maximum Gasteiger partial charge on any atom is 0.364 e. The topological polar surface area (TPSA) is 491 Å². The molecule has 5 fully saturated rings. The van der Waals surface area contributed by atoms with Crippen LogP contribution in [0.4, 0.5) is 0 Å². The van der Waals surface area contributed by atoms with E-state index in [1.54, 1.807) is 6.07 Å². The third kappa shape index (κ3) is 15.0. The molecule has 0 radical (unpaired) electrons. The van der Waals surface area contributed by atoms with E-state index in [4.69, 9.17) is 47.4 Å². The third-order valence-corrected chi connectivity index (χ3v) is 15.9. The number of carbonyl (C=O) groups excluding carboxylic acids is 2. The van der Waals surface area contributed by atoms with Crippen molar-refractivity contribution in [3.05, 3.63) is 35.9 Å². The van der Waals surface area contributed by atoms with Crippen LogP contribution in [0.1, 0.15) is 23.7 Å². The Bertz CT molecular complexity index is 2100. The fraction of sp³-hybridized carbons (Fsp3) is 0.809. The van der Waals surface area contributed by atoms with Crippen LogP contribution in [-0.2, 0) is 57.0 Å². The van der Waals surface area contributed by atoms with Crippen molar-refractivity contribution >= 4 is 25.9 Å². The lowest BCUT2D eigenvalue weighted by molar-refractivity contribution is -0.390. The summed E-state index contributed by atoms with van der Waals surface area (Å²) in [6.45, 7) is 2.27. The van der Waals surface area contributed by atoms with E-state index in [-0.39, 0.29) is 12.2 Å². The van der Waals surface area contributed by atoms with Gasteiger partial charge in [0.05, 0.1) is 45.2 Å². The van der Waals surface area contributed by atoms with Crippen molar-refractivity contribution in [3.63, 3.8) is 0 Å². The number of benzene rings is 1. The van der Waals surface area contributed by atoms with Crippen molar-refractivity contribution in [1.82, 2.24) is 10.6 Å². The van der Waals surface area contributed by atoms with Crippen LogP contribution in [0.25, 0.3) is 0 Å². The number of rotatable bonds is 23. The van der Waals surface area contributed by atoms with E-state index in [1.165, 1.54) is 24.3 Å². The Labute approximate surface area is 452 Å². The van der Waals surface area contributed by atoms with Gasteiger partial charge >= 0.3 is 5.97 Å². The number of hydrogen-bond donors (Lipinski definition) is 18. The van der Waals surface area contributed by atoms with Gasteiger partial charge in [0, 0.05) is 33.6 Å². The second-order valence-corrected chi connectivity index (χ2v) is 26.8. The summed E-state index contributed by atoms with van der Waals surface area (Å²) >= 11 is 0. The maximum absolute atomic E-state index is 13.8. The quantitative estimate of drug-likeness (QED) is 0.0453. The van der Waals surface area contributed by atoms with Crippen LogP contribution in [0.3, 0.4) is 0 Å². The minimum absolute atomic E-state index is 0.00930. The van der Waals surface area contributed by atoms with Gasteiger partial charge in [-0.05, 0) is 18.2 Å². The average Bonchev–Trinajstić information content (AvgIpc) is 3.48. The van der Waals surface area contributed by atoms with Crippen LogP contribution in [0.5, 0.6) is 0 Å². The minimum atomic E-state index is -3.18. The molecule has 1 aromatic carbocycles. The van der Waals surface area contributed by atoms with Crippen LogP contribution in [-0.4, -0.2) is 306 Å². The van der Waals surface area contributed by atoms with Crippen molar-refractivity contribution in [1.29, 1.82) is 0 Å². The first-order valence-corrected chi connectivity index (χ1v) is 29.2. The molecular formula is C47H76N2O29Si. The molecule has 32 heteroatoms. The Balaban J connectivity index is 1.27. The van der Waals surface area contributed by atoms with Crippen molar-refractivity contribution < 1.29 is 143 Å². The number of aliphatic carboxylic acids is 1. The lowest BCUT2D eigenvalue weighted by atomic mass is 9.88. The summed E-state index contributed by atoms with van der Waals surface area (Å²) in [5, 5.41) is 180. The molecule has 26 atom stereocenters. The zero-order valence-corrected chi connectivity index (χ0v) is 44.4. The molecule has 2 amide bonds. The highest BCUT2D eigenvalue weighted by Gasteiger charge is 2.61. The molecule has 0 saturated carbocycles. The number of amides is 2. The number of carbonyl (C=O) groups is 3. The van der Waals surface area contributed by atoms with Crippen LogP contribution < -0.4 is 10.6 Å². The first-order valence-electron chi connectivity index (χ1n) is 25.5. The lowest BCUT2D eigenvalue weighted by Gasteiger charge is -2.51. The Morgan fingerprint density at radius 3 is 1.66 bits per heavy atom. The highest BCUT2D eigenvalue weighted by molar-refractivity contribution is 6.76. The predicted octanol–water partition coefficient (Wildman–Crippen LogP) is -8.77. The largest absolute Gasteiger partial charge is 0.477 e. The minimum Gasteiger partial charge on any atom is -0.477 e. The van der Waals surface area contributed by atoms with E-state index >= 15 is 0 Å². The van der Waals surface area contributed by atoms with E-state index in [2.05, 4.69) is 30.3 Å². The highest BCUT2D eigenvalue weighted by Crippen LogP contribution is 2.39. The predicted molar refractivity (Wildman–Crippen MR) is 259 cm³/mol. The van der Waals surface area contributed by atoms with Crippen LogP contribution in [0.15, 0.2) is 30.3 Å². The van der Waals surface area contributed by atoms with E-state index in [0.29, 0.717) is 6.04 Å². The third-order valence-electron chi connectivity index (χ3n) is 14.2. The van der Waals surface area contributed by atoms with Crippen molar-refractivity contribution in [2.75, 3.05) is 39.6 Å². The Morgan fingerprint density at radius 2 is 1.14 bits per heavy atom. The number of nitrogens with one attached hydrogen (secondary N) is 2. The van der Waals surface area contributed by atoms with E-state index < -0.39 is 224 Å². The first kappa shape index (κ1) is 65.0. The van der Waals surface area contributed by atoms with Gasteiger partial charge in [-0.3, -0.25) is 9.59 Å². The summed E-state index contributed by atoms with van der Waals surface area (Å²) in [6, 6.07) is 4.42. The zero-order valence-electron chi connectivity index (χ0n) is 43.4. The molecule has 452 valence electrons. The van der Waals surface area contributed by atoms with Gasteiger partial charge in [0.15, 0.2) is 25.2 Å².